The van der Waals surface area contributed by atoms with Gasteiger partial charge in [-0.2, -0.15) is 10.2 Å². The summed E-state index contributed by atoms with van der Waals surface area (Å²) in [6, 6.07) is 9.47. The van der Waals surface area contributed by atoms with Crippen LogP contribution >= 0.6 is 0 Å². The Morgan fingerprint density at radius 2 is 2.12 bits per heavy atom. The zero-order chi connectivity index (χ0) is 17.2. The maximum atomic E-state index is 12.4. The first kappa shape index (κ1) is 15.4. The van der Waals surface area contributed by atoms with E-state index in [0.717, 1.165) is 29.9 Å². The quantitative estimate of drug-likeness (QED) is 0.764. The van der Waals surface area contributed by atoms with Gasteiger partial charge >= 0.3 is 6.03 Å². The van der Waals surface area contributed by atoms with E-state index >= 15 is 0 Å². The van der Waals surface area contributed by atoms with E-state index in [1.807, 2.05) is 35.9 Å². The van der Waals surface area contributed by atoms with Crippen molar-refractivity contribution >= 4 is 11.8 Å². The molecule has 1 aliphatic heterocycles. The molecule has 1 aromatic carbocycles. The van der Waals surface area contributed by atoms with Crippen LogP contribution in [0.1, 0.15) is 17.8 Å². The van der Waals surface area contributed by atoms with E-state index in [1.165, 1.54) is 0 Å². The van der Waals surface area contributed by atoms with Gasteiger partial charge in [-0.1, -0.05) is 18.2 Å². The van der Waals surface area contributed by atoms with Crippen molar-refractivity contribution in [1.82, 2.24) is 29.9 Å². The summed E-state index contributed by atoms with van der Waals surface area (Å²) in [6.45, 7) is 2.65. The summed E-state index contributed by atoms with van der Waals surface area (Å²) in [6.07, 6.45) is 4.89. The van der Waals surface area contributed by atoms with Crippen LogP contribution in [0.5, 0.6) is 0 Å². The first-order chi connectivity index (χ1) is 12.2. The van der Waals surface area contributed by atoms with E-state index in [0.29, 0.717) is 12.4 Å². The fourth-order valence-corrected chi connectivity index (χ4v) is 3.08. The van der Waals surface area contributed by atoms with Gasteiger partial charge in [0.2, 0.25) is 0 Å². The third-order valence-corrected chi connectivity index (χ3v) is 4.37. The van der Waals surface area contributed by atoms with Gasteiger partial charge < -0.3 is 5.32 Å². The van der Waals surface area contributed by atoms with Crippen LogP contribution < -0.4 is 10.6 Å². The van der Waals surface area contributed by atoms with Crippen molar-refractivity contribution < 1.29 is 4.79 Å². The van der Waals surface area contributed by atoms with Crippen LogP contribution in [0.4, 0.5) is 10.6 Å². The summed E-state index contributed by atoms with van der Waals surface area (Å²) in [5, 5.41) is 14.4. The average molecular weight is 337 g/mol. The number of carbonyl (C=O) groups excluding carboxylic acids is 1. The van der Waals surface area contributed by atoms with Gasteiger partial charge in [-0.05, 0) is 25.0 Å². The molecular weight excluding hydrogens is 318 g/mol. The lowest BCUT2D eigenvalue weighted by atomic mass is 10.1. The minimum absolute atomic E-state index is 0.0315. The molecule has 4 rings (SSSR count). The topological polar surface area (TPSA) is 89.7 Å². The molecule has 3 aromatic rings. The molecule has 3 heterocycles. The monoisotopic (exact) mass is 337 g/mol. The fourth-order valence-electron chi connectivity index (χ4n) is 3.08. The van der Waals surface area contributed by atoms with Crippen molar-refractivity contribution in [3.8, 4) is 5.69 Å². The van der Waals surface area contributed by atoms with Crippen molar-refractivity contribution in [2.75, 3.05) is 5.32 Å². The van der Waals surface area contributed by atoms with Crippen molar-refractivity contribution in [2.45, 2.75) is 32.4 Å². The average Bonchev–Trinajstić information content (AvgIpc) is 3.24. The lowest BCUT2D eigenvalue weighted by Gasteiger charge is -2.23. The van der Waals surface area contributed by atoms with Gasteiger partial charge in [0.1, 0.15) is 18.0 Å². The van der Waals surface area contributed by atoms with Gasteiger partial charge in [-0.3, -0.25) is 5.32 Å². The summed E-state index contributed by atoms with van der Waals surface area (Å²) in [7, 11) is 0. The van der Waals surface area contributed by atoms with Crippen LogP contribution in [0.3, 0.4) is 0 Å². The number of hydrogen-bond acceptors (Lipinski definition) is 4. The van der Waals surface area contributed by atoms with Gasteiger partial charge in [0.25, 0.3) is 0 Å². The van der Waals surface area contributed by atoms with E-state index in [9.17, 15) is 4.79 Å². The molecule has 25 heavy (non-hydrogen) atoms. The number of nitrogens with one attached hydrogen (secondary N) is 2. The summed E-state index contributed by atoms with van der Waals surface area (Å²) >= 11 is 0. The normalized spacial score (nSPS) is 16.3. The number of fused-ring (bicyclic) bond motifs is 1. The minimum atomic E-state index is -0.246. The predicted molar refractivity (Wildman–Crippen MR) is 92.6 cm³/mol. The summed E-state index contributed by atoms with van der Waals surface area (Å²) in [4.78, 5) is 16.6. The van der Waals surface area contributed by atoms with Crippen molar-refractivity contribution in [2.24, 2.45) is 0 Å². The van der Waals surface area contributed by atoms with Crippen LogP contribution in [0, 0.1) is 6.92 Å². The molecule has 8 nitrogen and oxygen atoms in total. The Balaban J connectivity index is 1.44. The molecule has 0 unspecified atom stereocenters. The highest BCUT2D eigenvalue weighted by Gasteiger charge is 2.21. The molecule has 1 aliphatic rings. The Bertz CT molecular complexity index is 898. The van der Waals surface area contributed by atoms with Gasteiger partial charge in [0, 0.05) is 12.5 Å². The zero-order valence-electron chi connectivity index (χ0n) is 13.9. The third kappa shape index (κ3) is 3.10. The Hall–Kier alpha value is -3.16. The highest BCUT2D eigenvalue weighted by molar-refractivity contribution is 5.88. The molecule has 0 radical (unpaired) electrons. The second-order valence-corrected chi connectivity index (χ2v) is 6.11. The van der Waals surface area contributed by atoms with Gasteiger partial charge in [0.05, 0.1) is 24.5 Å². The first-order valence-corrected chi connectivity index (χ1v) is 8.25. The Labute approximate surface area is 144 Å². The number of aryl methyl sites for hydroxylation is 2. The molecule has 2 aromatic heterocycles. The van der Waals surface area contributed by atoms with Crippen molar-refractivity contribution in [1.29, 1.82) is 0 Å². The van der Waals surface area contributed by atoms with E-state index < -0.39 is 0 Å². The number of nitrogens with zero attached hydrogens (tertiary/aromatic N) is 5. The van der Waals surface area contributed by atoms with E-state index in [-0.39, 0.29) is 12.1 Å². The number of urea groups is 1. The minimum Gasteiger partial charge on any atom is -0.333 e. The van der Waals surface area contributed by atoms with Crippen molar-refractivity contribution in [3.63, 3.8) is 0 Å². The van der Waals surface area contributed by atoms with Crippen LogP contribution in [0.25, 0.3) is 5.69 Å². The highest BCUT2D eigenvalue weighted by Crippen LogP contribution is 2.18. The van der Waals surface area contributed by atoms with Crippen LogP contribution in [0.15, 0.2) is 42.9 Å². The zero-order valence-corrected chi connectivity index (χ0v) is 13.9. The lowest BCUT2D eigenvalue weighted by Crippen LogP contribution is -2.43. The number of carbonyl (C=O) groups is 1. The van der Waals surface area contributed by atoms with Crippen LogP contribution in [-0.4, -0.2) is 36.6 Å². The molecule has 0 saturated carbocycles. The molecule has 128 valence electrons. The largest absolute Gasteiger partial charge is 0.333 e. The predicted octanol–water partition coefficient (Wildman–Crippen LogP) is 1.91. The Morgan fingerprint density at radius 3 is 3.00 bits per heavy atom. The molecule has 0 aliphatic carbocycles. The number of rotatable bonds is 3. The van der Waals surface area contributed by atoms with Gasteiger partial charge in [-0.25, -0.2) is 19.1 Å². The molecule has 2 amide bonds. The Kier molecular flexibility index (Phi) is 3.93. The second-order valence-electron chi connectivity index (χ2n) is 6.11. The smallest absolute Gasteiger partial charge is 0.320 e. The standard InChI is InChI=1S/C17H19N7O/c1-12-4-2-3-5-14(12)24-16(8-9-19-24)22-17(25)21-13-6-7-15-18-11-20-23(15)10-13/h2-5,8-9,11,13H,6-7,10H2,1H3,(H2,21,22,25)/t13-/m1/s1. The molecule has 0 spiro atoms. The molecule has 0 bridgehead atoms. The number of para-hydroxylation sites is 1. The molecule has 1 atom stereocenters. The van der Waals surface area contributed by atoms with E-state index in [2.05, 4.69) is 25.8 Å². The molecular formula is C17H19N7O. The number of aromatic nitrogens is 5. The van der Waals surface area contributed by atoms with Crippen LogP contribution in [0.2, 0.25) is 0 Å². The first-order valence-electron chi connectivity index (χ1n) is 8.25. The summed E-state index contributed by atoms with van der Waals surface area (Å²) < 4.78 is 3.57. The maximum absolute atomic E-state index is 12.4. The highest BCUT2D eigenvalue weighted by atomic mass is 16.2. The molecule has 0 saturated heterocycles. The van der Waals surface area contributed by atoms with E-state index in [1.54, 1.807) is 23.3 Å². The lowest BCUT2D eigenvalue weighted by molar-refractivity contribution is 0.243. The summed E-state index contributed by atoms with van der Waals surface area (Å²) in [5.74, 6) is 1.60. The van der Waals surface area contributed by atoms with Gasteiger partial charge in [-0.15, -0.1) is 0 Å². The maximum Gasteiger partial charge on any atom is 0.320 e. The number of amides is 2. The molecule has 2 N–H and O–H groups in total. The second kappa shape index (κ2) is 6.39. The SMILES string of the molecule is Cc1ccccc1-n1nccc1NC(=O)N[C@@H]1CCc2ncnn2C1. The molecule has 8 heteroatoms. The van der Waals surface area contributed by atoms with E-state index in [4.69, 9.17) is 0 Å². The number of benzene rings is 1. The fraction of sp³-hybridized carbons (Fsp3) is 0.294. The summed E-state index contributed by atoms with van der Waals surface area (Å²) in [5.41, 5.74) is 2.02. The van der Waals surface area contributed by atoms with Gasteiger partial charge in [0.15, 0.2) is 0 Å². The number of hydrogen-bond donors (Lipinski definition) is 2. The number of anilines is 1. The van der Waals surface area contributed by atoms with Crippen LogP contribution in [-0.2, 0) is 13.0 Å². The van der Waals surface area contributed by atoms with Crippen molar-refractivity contribution in [3.05, 3.63) is 54.2 Å². The molecule has 0 fully saturated rings. The third-order valence-electron chi connectivity index (χ3n) is 4.37. The Morgan fingerprint density at radius 1 is 1.24 bits per heavy atom.